The van der Waals surface area contributed by atoms with Gasteiger partial charge in [0.2, 0.25) is 0 Å². The van der Waals surface area contributed by atoms with Gasteiger partial charge in [0.25, 0.3) is 0 Å². The summed E-state index contributed by atoms with van der Waals surface area (Å²) in [5.41, 5.74) is 0. The Kier molecular flexibility index (Phi) is 33.9. The molecule has 0 amide bonds. The first-order valence-corrected chi connectivity index (χ1v) is 18.2. The second-order valence-electron chi connectivity index (χ2n) is 11.9. The van der Waals surface area contributed by atoms with E-state index < -0.39 is 0 Å². The summed E-state index contributed by atoms with van der Waals surface area (Å²) in [6.45, 7) is 5.10. The van der Waals surface area contributed by atoms with Gasteiger partial charge in [0.05, 0.1) is 17.8 Å². The van der Waals surface area contributed by atoms with Gasteiger partial charge in [-0.3, -0.25) is 4.79 Å². The van der Waals surface area contributed by atoms with E-state index >= 15 is 0 Å². The highest BCUT2D eigenvalue weighted by Gasteiger charge is 2.07. The first-order valence-electron chi connectivity index (χ1n) is 17.8. The molecule has 1 unspecified atom stereocenters. The molecule has 1 atom stereocenters. The standard InChI is InChI=1S/C37H67NO2S/c1-3-5-7-9-11-12-13-14-15-16-17-18-19-20-23-27-31-36(38-35-41)32-28-24-22-25-29-33-37(39)40-34-30-26-21-10-8-6-4-2/h11-12,14-15,36H,3-10,13,16-34H2,1-2H3/b12-11-,15-14-. The molecule has 0 aliphatic rings. The summed E-state index contributed by atoms with van der Waals surface area (Å²) in [6.07, 6.45) is 42.0. The fourth-order valence-electron chi connectivity index (χ4n) is 5.21. The monoisotopic (exact) mass is 589 g/mol. The van der Waals surface area contributed by atoms with Crippen molar-refractivity contribution in [2.24, 2.45) is 4.99 Å². The van der Waals surface area contributed by atoms with E-state index in [1.807, 2.05) is 0 Å². The minimum Gasteiger partial charge on any atom is -0.466 e. The Morgan fingerprint density at radius 1 is 0.634 bits per heavy atom. The summed E-state index contributed by atoms with van der Waals surface area (Å²) < 4.78 is 5.39. The van der Waals surface area contributed by atoms with Gasteiger partial charge in [0, 0.05) is 6.42 Å². The van der Waals surface area contributed by atoms with Crippen LogP contribution in [0.4, 0.5) is 0 Å². The van der Waals surface area contributed by atoms with Gasteiger partial charge in [0.15, 0.2) is 0 Å². The Bertz CT molecular complexity index is 653. The van der Waals surface area contributed by atoms with Crippen LogP contribution < -0.4 is 0 Å². The van der Waals surface area contributed by atoms with Crippen LogP contribution in [0.25, 0.3) is 0 Å². The van der Waals surface area contributed by atoms with Crippen LogP contribution in [0.3, 0.4) is 0 Å². The molecule has 0 heterocycles. The molecule has 0 spiro atoms. The largest absolute Gasteiger partial charge is 0.466 e. The van der Waals surface area contributed by atoms with E-state index in [1.165, 1.54) is 128 Å². The van der Waals surface area contributed by atoms with Crippen LogP contribution in [-0.2, 0) is 9.53 Å². The lowest BCUT2D eigenvalue weighted by Gasteiger charge is -2.11. The molecule has 0 aliphatic carbocycles. The van der Waals surface area contributed by atoms with Crippen molar-refractivity contribution < 1.29 is 9.53 Å². The number of hydrogen-bond donors (Lipinski definition) is 0. The summed E-state index contributed by atoms with van der Waals surface area (Å²) in [5.74, 6) is -0.0142. The van der Waals surface area contributed by atoms with Crippen molar-refractivity contribution in [3.8, 4) is 0 Å². The van der Waals surface area contributed by atoms with Crippen molar-refractivity contribution in [2.75, 3.05) is 6.61 Å². The van der Waals surface area contributed by atoms with Crippen LogP contribution in [-0.4, -0.2) is 23.8 Å². The van der Waals surface area contributed by atoms with Gasteiger partial charge in [-0.05, 0) is 70.0 Å². The Morgan fingerprint density at radius 2 is 1.10 bits per heavy atom. The highest BCUT2D eigenvalue weighted by molar-refractivity contribution is 7.78. The van der Waals surface area contributed by atoms with Gasteiger partial charge < -0.3 is 4.74 Å². The zero-order valence-electron chi connectivity index (χ0n) is 27.4. The molecule has 0 fully saturated rings. The Balaban J connectivity index is 3.55. The Morgan fingerprint density at radius 3 is 1.68 bits per heavy atom. The second-order valence-corrected chi connectivity index (χ2v) is 12.1. The fraction of sp³-hybridized carbons (Fsp3) is 0.838. The molecular formula is C37H67NO2S. The van der Waals surface area contributed by atoms with Crippen LogP contribution in [0.1, 0.15) is 187 Å². The van der Waals surface area contributed by atoms with E-state index in [4.69, 9.17) is 17.0 Å². The smallest absolute Gasteiger partial charge is 0.305 e. The predicted octanol–water partition coefficient (Wildman–Crippen LogP) is 12.7. The third-order valence-electron chi connectivity index (χ3n) is 7.90. The summed E-state index contributed by atoms with van der Waals surface area (Å²) in [6, 6.07) is 0.347. The first kappa shape index (κ1) is 39.8. The zero-order chi connectivity index (χ0) is 29.9. The van der Waals surface area contributed by atoms with E-state index in [-0.39, 0.29) is 5.97 Å². The normalized spacial score (nSPS) is 12.2. The van der Waals surface area contributed by atoms with Crippen LogP contribution in [0, 0.1) is 0 Å². The number of esters is 1. The maximum absolute atomic E-state index is 11.9. The third-order valence-corrected chi connectivity index (χ3v) is 8.01. The molecule has 4 heteroatoms. The number of aliphatic imine (C=N–C) groups is 1. The van der Waals surface area contributed by atoms with Crippen molar-refractivity contribution in [2.45, 2.75) is 193 Å². The number of allylic oxidation sites excluding steroid dienone is 4. The molecule has 41 heavy (non-hydrogen) atoms. The maximum atomic E-state index is 11.9. The molecule has 0 N–H and O–H groups in total. The van der Waals surface area contributed by atoms with Gasteiger partial charge in [-0.1, -0.05) is 147 Å². The minimum atomic E-state index is -0.0142. The molecule has 0 aromatic rings. The van der Waals surface area contributed by atoms with Crippen molar-refractivity contribution in [1.29, 1.82) is 0 Å². The minimum absolute atomic E-state index is 0.0142. The van der Waals surface area contributed by atoms with Gasteiger partial charge in [-0.25, -0.2) is 4.99 Å². The van der Waals surface area contributed by atoms with E-state index in [1.54, 1.807) is 0 Å². The number of thiocarbonyl (C=S) groups is 1. The van der Waals surface area contributed by atoms with Crippen molar-refractivity contribution >= 4 is 23.3 Å². The van der Waals surface area contributed by atoms with E-state index in [0.29, 0.717) is 19.1 Å². The van der Waals surface area contributed by atoms with E-state index in [0.717, 1.165) is 38.5 Å². The van der Waals surface area contributed by atoms with Gasteiger partial charge in [-0.15, -0.1) is 0 Å². The zero-order valence-corrected chi connectivity index (χ0v) is 28.2. The lowest BCUT2D eigenvalue weighted by molar-refractivity contribution is -0.143. The highest BCUT2D eigenvalue weighted by atomic mass is 32.1. The molecule has 0 bridgehead atoms. The lowest BCUT2D eigenvalue weighted by atomic mass is 10.0. The number of unbranched alkanes of at least 4 members (excludes halogenated alkanes) is 19. The number of isothiocyanates is 1. The number of rotatable bonds is 32. The van der Waals surface area contributed by atoms with Crippen LogP contribution in [0.2, 0.25) is 0 Å². The van der Waals surface area contributed by atoms with Crippen LogP contribution in [0.5, 0.6) is 0 Å². The molecule has 0 rings (SSSR count). The average Bonchev–Trinajstić information content (AvgIpc) is 2.97. The molecular weight excluding hydrogens is 522 g/mol. The molecule has 0 radical (unpaired) electrons. The summed E-state index contributed by atoms with van der Waals surface area (Å²) >= 11 is 4.90. The van der Waals surface area contributed by atoms with Crippen LogP contribution >= 0.6 is 12.2 Å². The summed E-state index contributed by atoms with van der Waals surface area (Å²) in [5, 5.41) is 2.63. The molecule has 3 nitrogen and oxygen atoms in total. The molecule has 238 valence electrons. The quantitative estimate of drug-likeness (QED) is 0.0257. The fourth-order valence-corrected chi connectivity index (χ4v) is 5.36. The number of carbonyl (C=O) groups excluding carboxylic acids is 1. The van der Waals surface area contributed by atoms with Gasteiger partial charge in [0.1, 0.15) is 0 Å². The van der Waals surface area contributed by atoms with E-state index in [2.05, 4.69) is 48.3 Å². The molecule has 0 saturated carbocycles. The first-order chi connectivity index (χ1) is 20.2. The summed E-state index contributed by atoms with van der Waals surface area (Å²) in [4.78, 5) is 16.3. The van der Waals surface area contributed by atoms with Crippen molar-refractivity contribution in [1.82, 2.24) is 0 Å². The molecule has 0 saturated heterocycles. The van der Waals surface area contributed by atoms with Gasteiger partial charge in [-0.2, -0.15) is 0 Å². The Hall–Kier alpha value is -1.25. The highest BCUT2D eigenvalue weighted by Crippen LogP contribution is 2.17. The summed E-state index contributed by atoms with van der Waals surface area (Å²) in [7, 11) is 0. The SMILES string of the molecule is CCCCC/C=C\C/C=C\CCCCCCCCC(CCCCCCCC(=O)OCCCCCCCCC)N=C=S. The van der Waals surface area contributed by atoms with Crippen LogP contribution in [0.15, 0.2) is 29.3 Å². The second kappa shape index (κ2) is 34.9. The third kappa shape index (κ3) is 33.1. The number of hydrogen-bond acceptors (Lipinski definition) is 4. The predicted molar refractivity (Wildman–Crippen MR) is 184 cm³/mol. The van der Waals surface area contributed by atoms with Crippen molar-refractivity contribution in [3.63, 3.8) is 0 Å². The topological polar surface area (TPSA) is 38.7 Å². The number of nitrogens with zero attached hydrogens (tertiary/aromatic N) is 1. The lowest BCUT2D eigenvalue weighted by Crippen LogP contribution is -2.06. The maximum Gasteiger partial charge on any atom is 0.305 e. The molecule has 0 aliphatic heterocycles. The number of ether oxygens (including phenoxy) is 1. The Labute approximate surface area is 261 Å². The van der Waals surface area contributed by atoms with Gasteiger partial charge >= 0.3 is 5.97 Å². The molecule has 0 aromatic heterocycles. The average molecular weight is 590 g/mol. The number of carbonyl (C=O) groups is 1. The van der Waals surface area contributed by atoms with Crippen molar-refractivity contribution in [3.05, 3.63) is 24.3 Å². The van der Waals surface area contributed by atoms with E-state index in [9.17, 15) is 4.79 Å². The molecule has 0 aromatic carbocycles.